The molecule has 2 atom stereocenters. The minimum Gasteiger partial charge on any atom is -0.313 e. The molecule has 0 aliphatic heterocycles. The van der Waals surface area contributed by atoms with Crippen LogP contribution in [0.15, 0.2) is 18.3 Å². The predicted octanol–water partition coefficient (Wildman–Crippen LogP) is 1.13. The monoisotopic (exact) mass is 268 g/mol. The fourth-order valence-electron chi connectivity index (χ4n) is 2.74. The molecular formula is C13H20N2O2S. The molecule has 0 spiro atoms. The Morgan fingerprint density at radius 3 is 3.00 bits per heavy atom. The largest absolute Gasteiger partial charge is 0.313 e. The topological polar surface area (TPSA) is 59.1 Å². The highest BCUT2D eigenvalue weighted by molar-refractivity contribution is 7.90. The van der Waals surface area contributed by atoms with Crippen LogP contribution in [0.5, 0.6) is 0 Å². The van der Waals surface area contributed by atoms with E-state index in [2.05, 4.69) is 16.4 Å². The van der Waals surface area contributed by atoms with Crippen LogP contribution in [0, 0.1) is 0 Å². The highest BCUT2D eigenvalue weighted by atomic mass is 32.2. The van der Waals surface area contributed by atoms with Crippen molar-refractivity contribution in [2.75, 3.05) is 18.6 Å². The van der Waals surface area contributed by atoms with Gasteiger partial charge in [0.1, 0.15) is 9.84 Å². The lowest BCUT2D eigenvalue weighted by Crippen LogP contribution is -2.40. The van der Waals surface area contributed by atoms with E-state index in [0.29, 0.717) is 0 Å². The zero-order chi connectivity index (χ0) is 13.2. The summed E-state index contributed by atoms with van der Waals surface area (Å²) in [5, 5.41) is 3.30. The molecule has 2 unspecified atom stereocenters. The number of pyridine rings is 1. The normalized spacial score (nSPS) is 20.7. The summed E-state index contributed by atoms with van der Waals surface area (Å²) < 4.78 is 23.0. The number of fused-ring (bicyclic) bond motifs is 1. The van der Waals surface area contributed by atoms with Gasteiger partial charge in [0.15, 0.2) is 0 Å². The van der Waals surface area contributed by atoms with E-state index in [1.807, 2.05) is 13.0 Å². The van der Waals surface area contributed by atoms with Gasteiger partial charge in [-0.25, -0.2) is 8.42 Å². The number of rotatable bonds is 5. The smallest absolute Gasteiger partial charge is 0.149 e. The van der Waals surface area contributed by atoms with E-state index in [4.69, 9.17) is 0 Å². The van der Waals surface area contributed by atoms with E-state index in [1.165, 1.54) is 11.8 Å². The summed E-state index contributed by atoms with van der Waals surface area (Å²) in [4.78, 5) is 4.44. The standard InChI is InChI=1S/C13H20N2O2S/c1-3-14-12(9-18(2,16)17)11-7-6-10-5-4-8-15-13(10)11/h4-5,8,11-12,14H,3,6-7,9H2,1-2H3. The molecule has 1 aromatic heterocycles. The molecule has 0 fully saturated rings. The van der Waals surface area contributed by atoms with Crippen molar-refractivity contribution in [3.63, 3.8) is 0 Å². The number of nitrogens with one attached hydrogen (secondary N) is 1. The lowest BCUT2D eigenvalue weighted by molar-refractivity contribution is 0.459. The molecule has 0 saturated carbocycles. The van der Waals surface area contributed by atoms with Crippen molar-refractivity contribution in [2.45, 2.75) is 31.7 Å². The molecule has 1 aliphatic rings. The van der Waals surface area contributed by atoms with Crippen LogP contribution in [0.2, 0.25) is 0 Å². The van der Waals surface area contributed by atoms with Gasteiger partial charge in [0.25, 0.3) is 0 Å². The molecule has 4 nitrogen and oxygen atoms in total. The number of sulfone groups is 1. The number of nitrogens with zero attached hydrogens (tertiary/aromatic N) is 1. The first-order chi connectivity index (χ1) is 8.51. The van der Waals surface area contributed by atoms with Crippen molar-refractivity contribution in [2.24, 2.45) is 0 Å². The second-order valence-electron chi connectivity index (χ2n) is 4.95. The number of hydrogen-bond donors (Lipinski definition) is 1. The minimum absolute atomic E-state index is 0.0267. The third kappa shape index (κ3) is 3.09. The Hall–Kier alpha value is -0.940. The Morgan fingerprint density at radius 1 is 1.56 bits per heavy atom. The number of likely N-dealkylation sites (N-methyl/N-ethyl adjacent to an activating group) is 1. The molecule has 0 radical (unpaired) electrons. The van der Waals surface area contributed by atoms with Gasteiger partial charge in [-0.1, -0.05) is 13.0 Å². The van der Waals surface area contributed by atoms with Crippen molar-refractivity contribution in [1.82, 2.24) is 10.3 Å². The fourth-order valence-corrected chi connectivity index (χ4v) is 3.74. The van der Waals surface area contributed by atoms with Crippen LogP contribution >= 0.6 is 0 Å². The lowest BCUT2D eigenvalue weighted by atomic mass is 9.98. The van der Waals surface area contributed by atoms with Crippen molar-refractivity contribution in [3.05, 3.63) is 29.6 Å². The molecule has 0 aromatic carbocycles. The maximum atomic E-state index is 11.5. The SMILES string of the molecule is CCNC(CS(C)(=O)=O)C1CCc2cccnc21. The van der Waals surface area contributed by atoms with E-state index in [1.54, 1.807) is 6.20 Å². The summed E-state index contributed by atoms with van der Waals surface area (Å²) in [6.07, 6.45) is 5.07. The van der Waals surface area contributed by atoms with Crippen LogP contribution in [-0.2, 0) is 16.3 Å². The molecule has 0 amide bonds. The van der Waals surface area contributed by atoms with Crippen LogP contribution in [0.25, 0.3) is 0 Å². The second kappa shape index (κ2) is 5.36. The van der Waals surface area contributed by atoms with E-state index in [0.717, 1.165) is 25.1 Å². The van der Waals surface area contributed by atoms with Crippen molar-refractivity contribution in [3.8, 4) is 0 Å². The zero-order valence-corrected chi connectivity index (χ0v) is 11.7. The highest BCUT2D eigenvalue weighted by Crippen LogP contribution is 2.34. The molecule has 1 N–H and O–H groups in total. The Kier molecular flexibility index (Phi) is 4.02. The van der Waals surface area contributed by atoms with Crippen molar-refractivity contribution < 1.29 is 8.42 Å². The fraction of sp³-hybridized carbons (Fsp3) is 0.615. The lowest BCUT2D eigenvalue weighted by Gasteiger charge is -2.23. The van der Waals surface area contributed by atoms with Gasteiger partial charge in [-0.2, -0.15) is 0 Å². The molecule has 1 aliphatic carbocycles. The average molecular weight is 268 g/mol. The first-order valence-corrected chi connectivity index (χ1v) is 8.42. The molecule has 5 heteroatoms. The van der Waals surface area contributed by atoms with E-state index >= 15 is 0 Å². The van der Waals surface area contributed by atoms with Crippen molar-refractivity contribution >= 4 is 9.84 Å². The summed E-state index contributed by atoms with van der Waals surface area (Å²) in [5.74, 6) is 0.400. The molecule has 0 bridgehead atoms. The zero-order valence-electron chi connectivity index (χ0n) is 10.9. The number of aromatic nitrogens is 1. The molecule has 0 saturated heterocycles. The summed E-state index contributed by atoms with van der Waals surface area (Å²) in [6.45, 7) is 2.78. The van der Waals surface area contributed by atoms with Crippen LogP contribution in [0.3, 0.4) is 0 Å². The Morgan fingerprint density at radius 2 is 2.33 bits per heavy atom. The first kappa shape index (κ1) is 13.5. The van der Waals surface area contributed by atoms with Gasteiger partial charge in [0, 0.05) is 30.1 Å². The minimum atomic E-state index is -2.98. The van der Waals surface area contributed by atoms with Crippen molar-refractivity contribution in [1.29, 1.82) is 0 Å². The summed E-state index contributed by atoms with van der Waals surface area (Å²) in [7, 11) is -2.98. The molecule has 2 rings (SSSR count). The maximum Gasteiger partial charge on any atom is 0.149 e. The molecule has 18 heavy (non-hydrogen) atoms. The molecule has 1 heterocycles. The van der Waals surface area contributed by atoms with Gasteiger partial charge < -0.3 is 5.32 Å². The number of aryl methyl sites for hydroxylation is 1. The van der Waals surface area contributed by atoms with Gasteiger partial charge >= 0.3 is 0 Å². The van der Waals surface area contributed by atoms with Crippen LogP contribution in [0.1, 0.15) is 30.5 Å². The van der Waals surface area contributed by atoms with Gasteiger partial charge in [0.05, 0.1) is 5.75 Å². The second-order valence-corrected chi connectivity index (χ2v) is 7.13. The summed E-state index contributed by atoms with van der Waals surface area (Å²) >= 11 is 0. The summed E-state index contributed by atoms with van der Waals surface area (Å²) in [6, 6.07) is 4.01. The van der Waals surface area contributed by atoms with Crippen LogP contribution < -0.4 is 5.32 Å². The first-order valence-electron chi connectivity index (χ1n) is 6.36. The van der Waals surface area contributed by atoms with E-state index in [9.17, 15) is 8.42 Å². The van der Waals surface area contributed by atoms with Gasteiger partial charge in [-0.15, -0.1) is 0 Å². The highest BCUT2D eigenvalue weighted by Gasteiger charge is 2.32. The van der Waals surface area contributed by atoms with E-state index in [-0.39, 0.29) is 17.7 Å². The third-order valence-corrected chi connectivity index (χ3v) is 4.40. The van der Waals surface area contributed by atoms with Crippen LogP contribution in [0.4, 0.5) is 0 Å². The third-order valence-electron chi connectivity index (χ3n) is 3.44. The van der Waals surface area contributed by atoms with Gasteiger partial charge in [-0.05, 0) is 31.0 Å². The Balaban J connectivity index is 2.23. The quantitative estimate of drug-likeness (QED) is 0.870. The maximum absolute atomic E-state index is 11.5. The van der Waals surface area contributed by atoms with E-state index < -0.39 is 9.84 Å². The van der Waals surface area contributed by atoms with Gasteiger partial charge in [0.2, 0.25) is 0 Å². The molecule has 1 aromatic rings. The molecular weight excluding hydrogens is 248 g/mol. The average Bonchev–Trinajstić information content (AvgIpc) is 2.70. The Bertz CT molecular complexity index is 513. The molecule has 100 valence electrons. The predicted molar refractivity (Wildman–Crippen MR) is 72.5 cm³/mol. The van der Waals surface area contributed by atoms with Gasteiger partial charge in [-0.3, -0.25) is 4.98 Å². The van der Waals surface area contributed by atoms with Crippen LogP contribution in [-0.4, -0.2) is 38.0 Å². The summed E-state index contributed by atoms with van der Waals surface area (Å²) in [5.41, 5.74) is 2.34. The number of hydrogen-bond acceptors (Lipinski definition) is 4. The Labute approximate surface area is 109 Å².